The monoisotopic (exact) mass is 401 g/mol. The molecule has 0 aliphatic carbocycles. The van der Waals surface area contributed by atoms with Gasteiger partial charge in [-0.3, -0.25) is 4.79 Å². The van der Waals surface area contributed by atoms with Gasteiger partial charge in [-0.25, -0.2) is 4.79 Å². The molecule has 5 nitrogen and oxygen atoms in total. The van der Waals surface area contributed by atoms with Crippen LogP contribution < -0.4 is 10.1 Å². The van der Waals surface area contributed by atoms with E-state index in [1.54, 1.807) is 42.5 Å². The predicted molar refractivity (Wildman–Crippen MR) is 104 cm³/mol. The molecule has 0 spiro atoms. The Balaban J connectivity index is 1.90. The largest absolute Gasteiger partial charge is 0.478 e. The van der Waals surface area contributed by atoms with Crippen LogP contribution in [0.15, 0.2) is 66.7 Å². The summed E-state index contributed by atoms with van der Waals surface area (Å²) in [6.07, 6.45) is 0. The van der Waals surface area contributed by atoms with Gasteiger partial charge in [0.25, 0.3) is 5.91 Å². The standard InChI is InChI=1S/C20H13Cl2NO4/c21-13-6-9-18(16(22)10-13)27-14-7-8-15(20(25)26)17(11-14)23-19(24)12-4-2-1-3-5-12/h1-11H,(H,23,24)(H,25,26). The van der Waals surface area contributed by atoms with Crippen LogP contribution in [0.1, 0.15) is 20.7 Å². The Labute approximate surface area is 165 Å². The lowest BCUT2D eigenvalue weighted by Gasteiger charge is -2.12. The minimum absolute atomic E-state index is 0.0613. The van der Waals surface area contributed by atoms with Crippen molar-refractivity contribution < 1.29 is 19.4 Å². The number of benzene rings is 3. The molecule has 0 bridgehead atoms. The number of amides is 1. The molecular weight excluding hydrogens is 389 g/mol. The van der Waals surface area contributed by atoms with Gasteiger partial charge in [-0.15, -0.1) is 0 Å². The molecule has 3 aromatic carbocycles. The van der Waals surface area contributed by atoms with Crippen molar-refractivity contribution in [1.82, 2.24) is 0 Å². The van der Waals surface area contributed by atoms with E-state index in [1.165, 1.54) is 24.3 Å². The highest BCUT2D eigenvalue weighted by molar-refractivity contribution is 6.35. The Hall–Kier alpha value is -3.02. The number of nitrogens with one attached hydrogen (secondary N) is 1. The van der Waals surface area contributed by atoms with E-state index >= 15 is 0 Å². The van der Waals surface area contributed by atoms with Crippen LogP contribution in [0.5, 0.6) is 11.5 Å². The smallest absolute Gasteiger partial charge is 0.337 e. The van der Waals surface area contributed by atoms with Crippen LogP contribution in [0.3, 0.4) is 0 Å². The number of carbonyl (C=O) groups excluding carboxylic acids is 1. The molecule has 0 aliphatic heterocycles. The highest BCUT2D eigenvalue weighted by Gasteiger charge is 2.15. The molecule has 0 heterocycles. The lowest BCUT2D eigenvalue weighted by molar-refractivity contribution is 0.0698. The fourth-order valence-corrected chi connectivity index (χ4v) is 2.79. The SMILES string of the molecule is O=C(Nc1cc(Oc2ccc(Cl)cc2Cl)ccc1C(=O)O)c1ccccc1. The zero-order valence-corrected chi connectivity index (χ0v) is 15.3. The van der Waals surface area contributed by atoms with Crippen molar-refractivity contribution in [2.75, 3.05) is 5.32 Å². The number of anilines is 1. The summed E-state index contributed by atoms with van der Waals surface area (Å²) in [5.74, 6) is -0.939. The second-order valence-corrected chi connectivity index (χ2v) is 6.35. The Bertz CT molecular complexity index is 1010. The highest BCUT2D eigenvalue weighted by Crippen LogP contribution is 2.33. The molecule has 0 aliphatic rings. The van der Waals surface area contributed by atoms with E-state index in [2.05, 4.69) is 5.32 Å². The van der Waals surface area contributed by atoms with Gasteiger partial charge in [-0.1, -0.05) is 41.4 Å². The second-order valence-electron chi connectivity index (χ2n) is 5.51. The fourth-order valence-electron chi connectivity index (χ4n) is 2.35. The van der Waals surface area contributed by atoms with Crippen molar-refractivity contribution in [3.8, 4) is 11.5 Å². The van der Waals surface area contributed by atoms with Gasteiger partial charge in [-0.2, -0.15) is 0 Å². The van der Waals surface area contributed by atoms with E-state index in [1.807, 2.05) is 0 Å². The van der Waals surface area contributed by atoms with Crippen LogP contribution in [0.2, 0.25) is 10.0 Å². The Morgan fingerprint density at radius 2 is 1.67 bits per heavy atom. The number of halogens is 2. The quantitative estimate of drug-likeness (QED) is 0.571. The topological polar surface area (TPSA) is 75.6 Å². The Kier molecular flexibility index (Phi) is 5.64. The van der Waals surface area contributed by atoms with Crippen molar-refractivity contribution in [2.24, 2.45) is 0 Å². The summed E-state index contributed by atoms with van der Waals surface area (Å²) in [5, 5.41) is 12.7. The molecule has 0 fully saturated rings. The first-order valence-electron chi connectivity index (χ1n) is 7.80. The van der Waals surface area contributed by atoms with Crippen LogP contribution in [-0.2, 0) is 0 Å². The number of hydrogen-bond donors (Lipinski definition) is 2. The molecule has 3 rings (SSSR count). The molecule has 0 atom stereocenters. The zero-order chi connectivity index (χ0) is 19.4. The van der Waals surface area contributed by atoms with Crippen molar-refractivity contribution >= 4 is 40.8 Å². The van der Waals surface area contributed by atoms with Gasteiger partial charge in [0.1, 0.15) is 11.5 Å². The maximum atomic E-state index is 12.4. The third kappa shape index (κ3) is 4.58. The van der Waals surface area contributed by atoms with Gasteiger partial charge in [0.15, 0.2) is 0 Å². The number of carboxylic acids is 1. The molecule has 1 amide bonds. The van der Waals surface area contributed by atoms with Crippen molar-refractivity contribution in [3.05, 3.63) is 87.9 Å². The molecule has 27 heavy (non-hydrogen) atoms. The lowest BCUT2D eigenvalue weighted by atomic mass is 10.1. The van der Waals surface area contributed by atoms with Crippen LogP contribution in [0, 0.1) is 0 Å². The lowest BCUT2D eigenvalue weighted by Crippen LogP contribution is -2.14. The van der Waals surface area contributed by atoms with E-state index in [4.69, 9.17) is 27.9 Å². The van der Waals surface area contributed by atoms with Gasteiger partial charge in [0.05, 0.1) is 16.3 Å². The van der Waals surface area contributed by atoms with Crippen molar-refractivity contribution in [1.29, 1.82) is 0 Å². The summed E-state index contributed by atoms with van der Waals surface area (Å²) in [6, 6.07) is 17.5. The minimum Gasteiger partial charge on any atom is -0.478 e. The molecule has 0 saturated heterocycles. The van der Waals surface area contributed by atoms with Gasteiger partial charge >= 0.3 is 5.97 Å². The number of aromatic carboxylic acids is 1. The molecule has 7 heteroatoms. The van der Waals surface area contributed by atoms with E-state index in [9.17, 15) is 14.7 Å². The molecule has 2 N–H and O–H groups in total. The highest BCUT2D eigenvalue weighted by atomic mass is 35.5. The Morgan fingerprint density at radius 1 is 0.926 bits per heavy atom. The van der Waals surface area contributed by atoms with Crippen molar-refractivity contribution in [3.63, 3.8) is 0 Å². The molecule has 0 unspecified atom stereocenters. The average Bonchev–Trinajstić information content (AvgIpc) is 2.64. The first-order chi connectivity index (χ1) is 12.9. The summed E-state index contributed by atoms with van der Waals surface area (Å²) in [5.41, 5.74) is 0.452. The zero-order valence-electron chi connectivity index (χ0n) is 13.8. The fraction of sp³-hybridized carbons (Fsp3) is 0. The average molecular weight is 402 g/mol. The molecule has 0 radical (unpaired) electrons. The number of rotatable bonds is 5. The summed E-state index contributed by atoms with van der Waals surface area (Å²) < 4.78 is 5.69. The molecule has 3 aromatic rings. The van der Waals surface area contributed by atoms with Crippen LogP contribution in [0.25, 0.3) is 0 Å². The van der Waals surface area contributed by atoms with Gasteiger partial charge < -0.3 is 15.2 Å². The van der Waals surface area contributed by atoms with Crippen LogP contribution in [0.4, 0.5) is 5.69 Å². The maximum absolute atomic E-state index is 12.4. The van der Waals surface area contributed by atoms with E-state index < -0.39 is 11.9 Å². The predicted octanol–water partition coefficient (Wildman–Crippen LogP) is 5.74. The summed E-state index contributed by atoms with van der Waals surface area (Å²) >= 11 is 12.0. The third-order valence-corrected chi connectivity index (χ3v) is 4.16. The van der Waals surface area contributed by atoms with E-state index in [-0.39, 0.29) is 11.3 Å². The first-order valence-corrected chi connectivity index (χ1v) is 8.56. The number of hydrogen-bond acceptors (Lipinski definition) is 3. The van der Waals surface area contributed by atoms with Crippen molar-refractivity contribution in [2.45, 2.75) is 0 Å². The number of carbonyl (C=O) groups is 2. The minimum atomic E-state index is -1.17. The van der Waals surface area contributed by atoms with Gasteiger partial charge in [0.2, 0.25) is 0 Å². The first kappa shape index (κ1) is 18.8. The number of ether oxygens (including phenoxy) is 1. The molecule has 136 valence electrons. The van der Waals surface area contributed by atoms with E-state index in [0.717, 1.165) is 0 Å². The van der Waals surface area contributed by atoms with Crippen LogP contribution >= 0.6 is 23.2 Å². The number of carboxylic acid groups (broad SMARTS) is 1. The van der Waals surface area contributed by atoms with Crippen LogP contribution in [-0.4, -0.2) is 17.0 Å². The molecule has 0 aromatic heterocycles. The Morgan fingerprint density at radius 3 is 2.33 bits per heavy atom. The second kappa shape index (κ2) is 8.12. The molecular formula is C20H13Cl2NO4. The summed E-state index contributed by atoms with van der Waals surface area (Å²) in [6.45, 7) is 0. The van der Waals surface area contributed by atoms with Gasteiger partial charge in [0, 0.05) is 16.7 Å². The summed E-state index contributed by atoms with van der Waals surface area (Å²) in [7, 11) is 0. The van der Waals surface area contributed by atoms with E-state index in [0.29, 0.717) is 27.1 Å². The maximum Gasteiger partial charge on any atom is 0.337 e. The summed E-state index contributed by atoms with van der Waals surface area (Å²) in [4.78, 5) is 23.8. The molecule has 0 saturated carbocycles. The normalized spacial score (nSPS) is 10.3. The van der Waals surface area contributed by atoms with Gasteiger partial charge in [-0.05, 0) is 42.5 Å². The third-order valence-electron chi connectivity index (χ3n) is 3.63.